The molecule has 0 fully saturated rings. The molecule has 116 valence electrons. The topological polar surface area (TPSA) is 81.4 Å². The molecule has 1 amide bonds. The van der Waals surface area contributed by atoms with Crippen molar-refractivity contribution in [3.63, 3.8) is 0 Å². The van der Waals surface area contributed by atoms with E-state index in [4.69, 9.17) is 4.52 Å². The van der Waals surface area contributed by atoms with E-state index in [1.165, 1.54) is 7.11 Å². The van der Waals surface area contributed by atoms with Crippen LogP contribution in [0.2, 0.25) is 0 Å². The van der Waals surface area contributed by atoms with E-state index in [9.17, 15) is 9.59 Å². The summed E-state index contributed by atoms with van der Waals surface area (Å²) in [6.07, 6.45) is 2.62. The maximum Gasteiger partial charge on any atom is 0.325 e. The van der Waals surface area contributed by atoms with E-state index >= 15 is 0 Å². The van der Waals surface area contributed by atoms with E-state index in [2.05, 4.69) is 36.0 Å². The molecular weight excluding hydrogens is 272 g/mol. The highest BCUT2D eigenvalue weighted by molar-refractivity contribution is 5.95. The second kappa shape index (κ2) is 5.87. The minimum Gasteiger partial charge on any atom is -0.468 e. The molecule has 6 nitrogen and oxygen atoms in total. The number of esters is 1. The van der Waals surface area contributed by atoms with Crippen molar-refractivity contribution in [1.82, 2.24) is 10.5 Å². The van der Waals surface area contributed by atoms with E-state index in [0.717, 1.165) is 30.6 Å². The summed E-state index contributed by atoms with van der Waals surface area (Å²) in [5.74, 6) is 0.392. The molecule has 1 atom stereocenters. The van der Waals surface area contributed by atoms with Crippen LogP contribution in [0.15, 0.2) is 4.52 Å². The highest BCUT2D eigenvalue weighted by Crippen LogP contribution is 2.38. The van der Waals surface area contributed by atoms with Crippen molar-refractivity contribution in [1.29, 1.82) is 0 Å². The summed E-state index contributed by atoms with van der Waals surface area (Å²) in [6, 6.07) is 0. The van der Waals surface area contributed by atoms with Gasteiger partial charge in [-0.1, -0.05) is 25.9 Å². The number of aryl methyl sites for hydroxylation is 1. The number of nitrogens with one attached hydrogen (secondary N) is 1. The third-order valence-electron chi connectivity index (χ3n) is 4.10. The van der Waals surface area contributed by atoms with Gasteiger partial charge in [0, 0.05) is 12.0 Å². The Hall–Kier alpha value is -1.85. The number of hydrogen-bond acceptors (Lipinski definition) is 5. The van der Waals surface area contributed by atoms with Crippen LogP contribution in [0.5, 0.6) is 0 Å². The highest BCUT2D eigenvalue weighted by atomic mass is 16.5. The number of carbonyl (C=O) groups excluding carboxylic acids is 2. The molecular formula is C15H22N2O4. The van der Waals surface area contributed by atoms with Crippen LogP contribution in [0.4, 0.5) is 0 Å². The van der Waals surface area contributed by atoms with Crippen LogP contribution in [0.25, 0.3) is 0 Å². The fourth-order valence-corrected chi connectivity index (χ4v) is 2.63. The van der Waals surface area contributed by atoms with Gasteiger partial charge < -0.3 is 14.6 Å². The summed E-state index contributed by atoms with van der Waals surface area (Å²) in [7, 11) is 1.28. The second-order valence-corrected chi connectivity index (χ2v) is 6.50. The Bertz CT molecular complexity index is 542. The molecule has 1 N–H and O–H groups in total. The van der Waals surface area contributed by atoms with Crippen molar-refractivity contribution in [2.75, 3.05) is 13.7 Å². The molecule has 0 saturated heterocycles. The third-order valence-corrected chi connectivity index (χ3v) is 4.10. The molecule has 0 spiro atoms. The van der Waals surface area contributed by atoms with E-state index in [-0.39, 0.29) is 17.9 Å². The van der Waals surface area contributed by atoms with Crippen LogP contribution in [-0.4, -0.2) is 30.7 Å². The maximum atomic E-state index is 12.1. The van der Waals surface area contributed by atoms with Crippen LogP contribution < -0.4 is 5.32 Å². The van der Waals surface area contributed by atoms with Crippen molar-refractivity contribution in [2.24, 2.45) is 11.3 Å². The Morgan fingerprint density at radius 2 is 2.14 bits per heavy atom. The largest absolute Gasteiger partial charge is 0.468 e. The van der Waals surface area contributed by atoms with Gasteiger partial charge >= 0.3 is 5.97 Å². The molecule has 6 heteroatoms. The summed E-state index contributed by atoms with van der Waals surface area (Å²) >= 11 is 0. The Balaban J connectivity index is 2.12. The first kappa shape index (κ1) is 15.5. The van der Waals surface area contributed by atoms with Crippen LogP contribution >= 0.6 is 0 Å². The lowest BCUT2D eigenvalue weighted by Gasteiger charge is -2.33. The van der Waals surface area contributed by atoms with Gasteiger partial charge in [0.15, 0.2) is 5.69 Å². The lowest BCUT2D eigenvalue weighted by molar-refractivity contribution is -0.139. The van der Waals surface area contributed by atoms with E-state index < -0.39 is 5.97 Å². The first-order valence-electron chi connectivity index (χ1n) is 7.15. The van der Waals surface area contributed by atoms with Crippen LogP contribution in [0, 0.1) is 11.3 Å². The zero-order valence-corrected chi connectivity index (χ0v) is 13.0. The molecule has 1 aromatic rings. The number of rotatable bonds is 3. The molecule has 0 unspecified atom stereocenters. The third kappa shape index (κ3) is 3.43. The Labute approximate surface area is 124 Å². The summed E-state index contributed by atoms with van der Waals surface area (Å²) in [5.41, 5.74) is 1.35. The molecule has 1 aliphatic carbocycles. The van der Waals surface area contributed by atoms with Crippen molar-refractivity contribution >= 4 is 11.9 Å². The number of ether oxygens (including phenoxy) is 1. The van der Waals surface area contributed by atoms with Crippen molar-refractivity contribution in [2.45, 2.75) is 40.0 Å². The van der Waals surface area contributed by atoms with Crippen molar-refractivity contribution in [3.8, 4) is 0 Å². The standard InChI is InChI=1S/C15H22N2O4/c1-15(2,3)9-5-6-11-10(7-9)13(17-21-11)14(19)16-8-12(18)20-4/h9H,5-8H2,1-4H3,(H,16,19)/t9-/m0/s1. The van der Waals surface area contributed by atoms with Gasteiger partial charge in [-0.05, 0) is 24.2 Å². The van der Waals surface area contributed by atoms with Crippen LogP contribution in [0.1, 0.15) is 49.0 Å². The molecule has 1 aliphatic rings. The molecule has 2 rings (SSSR count). The molecule has 0 bridgehead atoms. The average Bonchev–Trinajstić information content (AvgIpc) is 2.86. The highest BCUT2D eigenvalue weighted by Gasteiger charge is 2.34. The quantitative estimate of drug-likeness (QED) is 0.859. The molecule has 21 heavy (non-hydrogen) atoms. The SMILES string of the molecule is COC(=O)CNC(=O)c1noc2c1C[C@@H](C(C)(C)C)CC2. The first-order valence-corrected chi connectivity index (χ1v) is 7.15. The number of aromatic nitrogens is 1. The number of fused-ring (bicyclic) bond motifs is 1. The van der Waals surface area contributed by atoms with Crippen LogP contribution in [0.3, 0.4) is 0 Å². The Morgan fingerprint density at radius 1 is 1.43 bits per heavy atom. The number of hydrogen-bond donors (Lipinski definition) is 1. The summed E-state index contributed by atoms with van der Waals surface area (Å²) in [5, 5.41) is 6.38. The van der Waals surface area contributed by atoms with E-state index in [0.29, 0.717) is 11.6 Å². The zero-order valence-electron chi connectivity index (χ0n) is 13.0. The fraction of sp³-hybridized carbons (Fsp3) is 0.667. The molecule has 1 aromatic heterocycles. The van der Waals surface area contributed by atoms with Gasteiger partial charge in [-0.15, -0.1) is 0 Å². The molecule has 0 aliphatic heterocycles. The predicted molar refractivity (Wildman–Crippen MR) is 75.8 cm³/mol. The molecule has 0 radical (unpaired) electrons. The smallest absolute Gasteiger partial charge is 0.325 e. The minimum absolute atomic E-state index is 0.167. The van der Waals surface area contributed by atoms with Crippen LogP contribution in [-0.2, 0) is 22.4 Å². The number of nitrogens with zero attached hydrogens (tertiary/aromatic N) is 1. The molecule has 0 aromatic carbocycles. The lowest BCUT2D eigenvalue weighted by Crippen LogP contribution is -2.32. The Morgan fingerprint density at radius 3 is 2.76 bits per heavy atom. The van der Waals surface area contributed by atoms with E-state index in [1.807, 2.05) is 0 Å². The minimum atomic E-state index is -0.492. The maximum absolute atomic E-state index is 12.1. The number of amides is 1. The normalized spacial score (nSPS) is 18.0. The lowest BCUT2D eigenvalue weighted by atomic mass is 9.71. The van der Waals surface area contributed by atoms with Crippen molar-refractivity contribution in [3.05, 3.63) is 17.0 Å². The van der Waals surface area contributed by atoms with Gasteiger partial charge in [-0.3, -0.25) is 9.59 Å². The van der Waals surface area contributed by atoms with E-state index in [1.54, 1.807) is 0 Å². The number of carbonyl (C=O) groups is 2. The number of methoxy groups -OCH3 is 1. The predicted octanol–water partition coefficient (Wildman–Crippen LogP) is 1.73. The average molecular weight is 294 g/mol. The van der Waals surface area contributed by atoms with Crippen molar-refractivity contribution < 1.29 is 18.8 Å². The zero-order chi connectivity index (χ0) is 15.6. The molecule has 1 heterocycles. The molecule has 0 saturated carbocycles. The fourth-order valence-electron chi connectivity index (χ4n) is 2.63. The van der Waals surface area contributed by atoms with Gasteiger partial charge in [0.1, 0.15) is 12.3 Å². The second-order valence-electron chi connectivity index (χ2n) is 6.50. The Kier molecular flexibility index (Phi) is 4.34. The van der Waals surface area contributed by atoms with Gasteiger partial charge in [0.2, 0.25) is 0 Å². The monoisotopic (exact) mass is 294 g/mol. The van der Waals surface area contributed by atoms with Gasteiger partial charge in [-0.25, -0.2) is 0 Å². The van der Waals surface area contributed by atoms with Gasteiger partial charge in [0.25, 0.3) is 5.91 Å². The summed E-state index contributed by atoms with van der Waals surface area (Å²) < 4.78 is 9.77. The van der Waals surface area contributed by atoms with Gasteiger partial charge in [-0.2, -0.15) is 0 Å². The van der Waals surface area contributed by atoms with Gasteiger partial charge in [0.05, 0.1) is 7.11 Å². The first-order chi connectivity index (χ1) is 9.82. The summed E-state index contributed by atoms with van der Waals surface area (Å²) in [4.78, 5) is 23.2. The summed E-state index contributed by atoms with van der Waals surface area (Å²) in [6.45, 7) is 6.44.